The molecular weight excluding hydrogens is 407 g/mol. The lowest BCUT2D eigenvalue weighted by Crippen LogP contribution is -2.51. The first kappa shape index (κ1) is 19.4. The Labute approximate surface area is 186 Å². The Morgan fingerprint density at radius 3 is 2.35 bits per heavy atom. The van der Waals surface area contributed by atoms with Crippen LogP contribution in [0.25, 0.3) is 22.5 Å². The number of imidazole rings is 1. The van der Waals surface area contributed by atoms with Gasteiger partial charge in [-0.05, 0) is 98.4 Å². The number of halogens is 1. The van der Waals surface area contributed by atoms with E-state index in [1.54, 1.807) is 23.9 Å². The Hall–Kier alpha value is -2.34. The number of nitrogens with zero attached hydrogens (tertiary/aromatic N) is 2. The van der Waals surface area contributed by atoms with Crippen LogP contribution in [0.4, 0.5) is 10.2 Å². The van der Waals surface area contributed by atoms with Crippen molar-refractivity contribution in [3.8, 4) is 22.5 Å². The van der Waals surface area contributed by atoms with Crippen molar-refractivity contribution >= 4 is 17.6 Å². The van der Waals surface area contributed by atoms with Crippen molar-refractivity contribution in [3.05, 3.63) is 48.4 Å². The summed E-state index contributed by atoms with van der Waals surface area (Å²) >= 11 is 1.57. The van der Waals surface area contributed by atoms with Crippen LogP contribution >= 0.6 is 11.8 Å². The lowest BCUT2D eigenvalue weighted by atomic mass is 9.54. The normalized spacial score (nSPS) is 28.8. The van der Waals surface area contributed by atoms with E-state index in [1.165, 1.54) is 44.2 Å². The van der Waals surface area contributed by atoms with Crippen molar-refractivity contribution < 1.29 is 4.39 Å². The van der Waals surface area contributed by atoms with Crippen LogP contribution in [-0.2, 0) is 0 Å². The van der Waals surface area contributed by atoms with Gasteiger partial charge in [-0.3, -0.25) is 0 Å². The highest BCUT2D eigenvalue weighted by molar-refractivity contribution is 7.98. The molecular formula is C25H27FN4S. The fourth-order valence-electron chi connectivity index (χ4n) is 6.47. The zero-order valence-electron chi connectivity index (χ0n) is 17.6. The number of hydrogen-bond donors (Lipinski definition) is 2. The largest absolute Gasteiger partial charge is 0.367 e. The highest BCUT2D eigenvalue weighted by Gasteiger charge is 2.48. The maximum Gasteiger partial charge on any atom is 0.166 e. The van der Waals surface area contributed by atoms with Crippen LogP contribution in [0, 0.1) is 29.5 Å². The molecule has 0 amide bonds. The Kier molecular flexibility index (Phi) is 4.78. The van der Waals surface area contributed by atoms with E-state index in [9.17, 15) is 4.39 Å². The fourth-order valence-corrected chi connectivity index (χ4v) is 6.86. The minimum absolute atomic E-state index is 0.235. The lowest BCUT2D eigenvalue weighted by Gasteiger charge is -2.54. The molecule has 4 aliphatic rings. The Bertz CT molecular complexity index is 1070. The van der Waals surface area contributed by atoms with Crippen LogP contribution in [0.15, 0.2) is 47.8 Å². The Balaban J connectivity index is 1.31. The second-order valence-electron chi connectivity index (χ2n) is 9.51. The van der Waals surface area contributed by atoms with Gasteiger partial charge in [-0.25, -0.2) is 14.4 Å². The average molecular weight is 435 g/mol. The van der Waals surface area contributed by atoms with Gasteiger partial charge in [0.1, 0.15) is 11.6 Å². The topological polar surface area (TPSA) is 53.6 Å². The second-order valence-corrected chi connectivity index (χ2v) is 10.3. The number of aromatic nitrogens is 3. The third-order valence-electron chi connectivity index (χ3n) is 7.58. The number of thioether (sulfide) groups is 1. The molecule has 0 saturated heterocycles. The van der Waals surface area contributed by atoms with Gasteiger partial charge in [0.25, 0.3) is 0 Å². The average Bonchev–Trinajstić information content (AvgIpc) is 3.21. The molecule has 2 heterocycles. The van der Waals surface area contributed by atoms with Gasteiger partial charge in [0.05, 0.1) is 11.4 Å². The molecule has 4 nitrogen and oxygen atoms in total. The third-order valence-corrected chi connectivity index (χ3v) is 8.16. The fraction of sp³-hybridized carbons (Fsp3) is 0.440. The highest BCUT2D eigenvalue weighted by atomic mass is 32.2. The minimum atomic E-state index is -0.235. The summed E-state index contributed by atoms with van der Waals surface area (Å²) in [6.45, 7) is 0. The molecule has 6 heteroatoms. The number of benzene rings is 1. The molecule has 4 bridgehead atoms. The lowest BCUT2D eigenvalue weighted by molar-refractivity contribution is 0.00742. The van der Waals surface area contributed by atoms with Crippen LogP contribution < -0.4 is 5.32 Å². The van der Waals surface area contributed by atoms with E-state index < -0.39 is 0 Å². The molecule has 4 aliphatic carbocycles. The molecule has 0 unspecified atom stereocenters. The molecule has 0 spiro atoms. The van der Waals surface area contributed by atoms with E-state index in [-0.39, 0.29) is 5.82 Å². The van der Waals surface area contributed by atoms with Gasteiger partial charge in [-0.1, -0.05) is 11.8 Å². The van der Waals surface area contributed by atoms with Gasteiger partial charge in [-0.15, -0.1) is 0 Å². The number of rotatable bonds is 5. The number of pyridine rings is 1. The molecule has 0 atom stereocenters. The first-order valence-corrected chi connectivity index (χ1v) is 12.5. The highest BCUT2D eigenvalue weighted by Crippen LogP contribution is 2.54. The first-order chi connectivity index (χ1) is 15.2. The molecule has 2 N–H and O–H groups in total. The van der Waals surface area contributed by atoms with Crippen molar-refractivity contribution in [1.29, 1.82) is 0 Å². The number of nitrogens with one attached hydrogen (secondary N) is 2. The van der Waals surface area contributed by atoms with Crippen molar-refractivity contribution in [1.82, 2.24) is 15.0 Å². The first-order valence-electron chi connectivity index (χ1n) is 11.3. The van der Waals surface area contributed by atoms with E-state index in [2.05, 4.69) is 21.4 Å². The predicted octanol–water partition coefficient (Wildman–Crippen LogP) is 6.24. The molecule has 0 aliphatic heterocycles. The van der Waals surface area contributed by atoms with Gasteiger partial charge in [0.15, 0.2) is 5.16 Å². The van der Waals surface area contributed by atoms with Gasteiger partial charge < -0.3 is 10.3 Å². The van der Waals surface area contributed by atoms with E-state index in [4.69, 9.17) is 4.98 Å². The quantitative estimate of drug-likeness (QED) is 0.467. The van der Waals surface area contributed by atoms with Crippen molar-refractivity contribution in [3.63, 3.8) is 0 Å². The molecule has 0 radical (unpaired) electrons. The summed E-state index contributed by atoms with van der Waals surface area (Å²) in [7, 11) is 0. The molecule has 3 aromatic rings. The van der Waals surface area contributed by atoms with E-state index >= 15 is 0 Å². The predicted molar refractivity (Wildman–Crippen MR) is 123 cm³/mol. The van der Waals surface area contributed by atoms with Crippen LogP contribution in [0.1, 0.15) is 32.1 Å². The van der Waals surface area contributed by atoms with E-state index in [1.807, 2.05) is 18.5 Å². The molecule has 31 heavy (non-hydrogen) atoms. The molecule has 1 aromatic carbocycles. The molecule has 160 valence electrons. The number of aromatic amines is 1. The molecule has 2 aromatic heterocycles. The third kappa shape index (κ3) is 3.55. The standard InChI is InChI=1S/C25H27FN4S/c1-31-25-29-23(16-2-4-20(26)5-3-16)24(30-25)17-6-7-27-21(13-17)28-22-18-9-14-8-15(11-18)12-19(22)10-14/h2-7,13-15,18-19,22H,8-12H2,1H3,(H,27,28)(H,29,30). The van der Waals surface area contributed by atoms with Crippen LogP contribution in [0.5, 0.6) is 0 Å². The SMILES string of the molecule is CSc1nc(-c2ccnc(NC3C4CC5CC(C4)CC3C5)c2)c(-c2ccc(F)cc2)[nH]1. The molecule has 7 rings (SSSR count). The summed E-state index contributed by atoms with van der Waals surface area (Å²) in [6.07, 6.45) is 10.9. The van der Waals surface area contributed by atoms with Gasteiger partial charge in [0, 0.05) is 23.4 Å². The van der Waals surface area contributed by atoms with E-state index in [0.717, 1.165) is 57.2 Å². The monoisotopic (exact) mass is 434 g/mol. The van der Waals surface area contributed by atoms with Crippen LogP contribution in [-0.4, -0.2) is 27.2 Å². The summed E-state index contributed by atoms with van der Waals surface area (Å²) in [5.74, 6) is 4.23. The summed E-state index contributed by atoms with van der Waals surface area (Å²) in [4.78, 5) is 12.9. The number of hydrogen-bond acceptors (Lipinski definition) is 4. The maximum atomic E-state index is 13.5. The van der Waals surface area contributed by atoms with Gasteiger partial charge in [-0.2, -0.15) is 0 Å². The summed E-state index contributed by atoms with van der Waals surface area (Å²) in [5.41, 5.74) is 3.75. The summed E-state index contributed by atoms with van der Waals surface area (Å²) < 4.78 is 13.5. The maximum absolute atomic E-state index is 13.5. The zero-order valence-corrected chi connectivity index (χ0v) is 18.5. The number of anilines is 1. The number of H-pyrrole nitrogens is 1. The minimum Gasteiger partial charge on any atom is -0.367 e. The van der Waals surface area contributed by atoms with Crippen LogP contribution in [0.2, 0.25) is 0 Å². The second kappa shape index (κ2) is 7.66. The van der Waals surface area contributed by atoms with Crippen molar-refractivity contribution in [2.45, 2.75) is 43.3 Å². The smallest absolute Gasteiger partial charge is 0.166 e. The summed E-state index contributed by atoms with van der Waals surface area (Å²) in [5, 5.41) is 4.67. The summed E-state index contributed by atoms with van der Waals surface area (Å²) in [6, 6.07) is 11.3. The Morgan fingerprint density at radius 2 is 1.68 bits per heavy atom. The zero-order chi connectivity index (χ0) is 20.9. The van der Waals surface area contributed by atoms with E-state index in [0.29, 0.717) is 6.04 Å². The molecule has 4 saturated carbocycles. The Morgan fingerprint density at radius 1 is 0.968 bits per heavy atom. The van der Waals surface area contributed by atoms with Crippen molar-refractivity contribution in [2.75, 3.05) is 11.6 Å². The van der Waals surface area contributed by atoms with Crippen LogP contribution in [0.3, 0.4) is 0 Å². The van der Waals surface area contributed by atoms with Crippen molar-refractivity contribution in [2.24, 2.45) is 23.7 Å². The molecule has 4 fully saturated rings. The van der Waals surface area contributed by atoms with Gasteiger partial charge >= 0.3 is 0 Å². The van der Waals surface area contributed by atoms with Gasteiger partial charge in [0.2, 0.25) is 0 Å².